The molecule has 5 heteroatoms. The highest BCUT2D eigenvalue weighted by atomic mass is 19.4. The highest BCUT2D eigenvalue weighted by molar-refractivity contribution is 5.27. The van der Waals surface area contributed by atoms with Crippen molar-refractivity contribution in [2.24, 2.45) is 0 Å². The van der Waals surface area contributed by atoms with Crippen molar-refractivity contribution in [3.63, 3.8) is 0 Å². The first-order valence-corrected chi connectivity index (χ1v) is 5.84. The third kappa shape index (κ3) is 5.89. The zero-order valence-electron chi connectivity index (χ0n) is 10.2. The van der Waals surface area contributed by atoms with Crippen molar-refractivity contribution in [3.05, 3.63) is 29.6 Å². The smallest absolute Gasteiger partial charge is 0.389 e. The summed E-state index contributed by atoms with van der Waals surface area (Å²) in [6, 6.07) is 4.54. The van der Waals surface area contributed by atoms with Crippen LogP contribution in [0.5, 0.6) is 5.75 Å². The van der Waals surface area contributed by atoms with Crippen molar-refractivity contribution in [1.82, 2.24) is 0 Å². The summed E-state index contributed by atoms with van der Waals surface area (Å²) >= 11 is 0. The molecule has 1 rings (SSSR count). The zero-order valence-corrected chi connectivity index (χ0v) is 10.2. The average molecular weight is 264 g/mol. The van der Waals surface area contributed by atoms with Crippen LogP contribution in [0.2, 0.25) is 0 Å². The van der Waals surface area contributed by atoms with E-state index >= 15 is 0 Å². The van der Waals surface area contributed by atoms with E-state index in [-0.39, 0.29) is 12.2 Å². The van der Waals surface area contributed by atoms with Crippen LogP contribution < -0.4 is 4.74 Å². The third-order valence-electron chi connectivity index (χ3n) is 2.52. The summed E-state index contributed by atoms with van der Waals surface area (Å²) in [6.07, 6.45) is -3.75. The number of hydrogen-bond donors (Lipinski definition) is 0. The van der Waals surface area contributed by atoms with E-state index in [9.17, 15) is 17.6 Å². The van der Waals surface area contributed by atoms with Crippen LogP contribution in [0.25, 0.3) is 0 Å². The van der Waals surface area contributed by atoms with Gasteiger partial charge in [-0.05, 0) is 37.8 Å². The van der Waals surface area contributed by atoms with Gasteiger partial charge in [-0.3, -0.25) is 0 Å². The van der Waals surface area contributed by atoms with Gasteiger partial charge < -0.3 is 4.74 Å². The maximum Gasteiger partial charge on any atom is 0.389 e. The lowest BCUT2D eigenvalue weighted by atomic mass is 10.2. The minimum absolute atomic E-state index is 0.106. The first-order chi connectivity index (χ1) is 8.38. The van der Waals surface area contributed by atoms with Crippen molar-refractivity contribution >= 4 is 0 Å². The number of unbranched alkanes of at least 4 members (excludes halogenated alkanes) is 2. The summed E-state index contributed by atoms with van der Waals surface area (Å²) in [4.78, 5) is 0. The summed E-state index contributed by atoms with van der Waals surface area (Å²) < 4.78 is 53.9. The van der Waals surface area contributed by atoms with Gasteiger partial charge in [-0.2, -0.15) is 13.2 Å². The Bertz CT molecular complexity index is 374. The van der Waals surface area contributed by atoms with Gasteiger partial charge in [0.25, 0.3) is 0 Å². The summed E-state index contributed by atoms with van der Waals surface area (Å²) in [6.45, 7) is 1.95. The van der Waals surface area contributed by atoms with Crippen LogP contribution in [0.15, 0.2) is 18.2 Å². The highest BCUT2D eigenvalue weighted by Crippen LogP contribution is 2.22. The van der Waals surface area contributed by atoms with Gasteiger partial charge >= 0.3 is 6.18 Å². The van der Waals surface area contributed by atoms with Crippen LogP contribution >= 0.6 is 0 Å². The zero-order chi connectivity index (χ0) is 13.6. The summed E-state index contributed by atoms with van der Waals surface area (Å²) in [5, 5.41) is 0. The third-order valence-corrected chi connectivity index (χ3v) is 2.52. The van der Waals surface area contributed by atoms with Crippen LogP contribution in [0, 0.1) is 12.7 Å². The molecular formula is C13H16F4O. The van der Waals surface area contributed by atoms with Crippen molar-refractivity contribution < 1.29 is 22.3 Å². The number of rotatable bonds is 6. The van der Waals surface area contributed by atoms with E-state index < -0.39 is 12.6 Å². The molecule has 18 heavy (non-hydrogen) atoms. The van der Waals surface area contributed by atoms with E-state index in [4.69, 9.17) is 4.74 Å². The number of hydrogen-bond acceptors (Lipinski definition) is 1. The second-order valence-corrected chi connectivity index (χ2v) is 4.19. The van der Waals surface area contributed by atoms with Gasteiger partial charge in [0.05, 0.1) is 6.61 Å². The minimum Gasteiger partial charge on any atom is -0.493 e. The van der Waals surface area contributed by atoms with E-state index in [1.54, 1.807) is 19.1 Å². The van der Waals surface area contributed by atoms with Gasteiger partial charge in [-0.25, -0.2) is 4.39 Å². The quantitative estimate of drug-likeness (QED) is 0.537. The van der Waals surface area contributed by atoms with Crippen LogP contribution in [-0.2, 0) is 0 Å². The Kier molecular flexibility index (Phi) is 5.44. The number of benzene rings is 1. The van der Waals surface area contributed by atoms with Crippen molar-refractivity contribution in [2.75, 3.05) is 6.61 Å². The number of ether oxygens (including phenoxy) is 1. The molecule has 102 valence electrons. The first-order valence-electron chi connectivity index (χ1n) is 5.84. The standard InChI is InChI=1S/C13H16F4O/c1-10-5-6-11(9-12(10)14)18-8-4-2-3-7-13(15,16)17/h5-6,9H,2-4,7-8H2,1H3. The fraction of sp³-hybridized carbons (Fsp3) is 0.538. The Hall–Kier alpha value is -1.26. The van der Waals surface area contributed by atoms with Crippen LogP contribution in [0.3, 0.4) is 0 Å². The molecule has 0 heterocycles. The molecule has 1 aromatic carbocycles. The second kappa shape index (κ2) is 6.61. The lowest BCUT2D eigenvalue weighted by molar-refractivity contribution is -0.135. The molecule has 0 aromatic heterocycles. The van der Waals surface area contributed by atoms with E-state index in [0.717, 1.165) is 0 Å². The Balaban J connectivity index is 2.16. The fourth-order valence-electron chi connectivity index (χ4n) is 1.46. The normalized spacial score (nSPS) is 11.6. The molecule has 0 aliphatic rings. The Labute approximate surface area is 104 Å². The predicted molar refractivity (Wildman–Crippen MR) is 61.2 cm³/mol. The monoisotopic (exact) mass is 264 g/mol. The van der Waals surface area contributed by atoms with Gasteiger partial charge in [0.15, 0.2) is 0 Å². The minimum atomic E-state index is -4.08. The topological polar surface area (TPSA) is 9.23 Å². The largest absolute Gasteiger partial charge is 0.493 e. The first kappa shape index (κ1) is 14.8. The Morgan fingerprint density at radius 3 is 2.44 bits per heavy atom. The molecule has 0 spiro atoms. The highest BCUT2D eigenvalue weighted by Gasteiger charge is 2.25. The molecule has 0 amide bonds. The van der Waals surface area contributed by atoms with Gasteiger partial charge in [0.2, 0.25) is 0 Å². The average Bonchev–Trinajstić information content (AvgIpc) is 2.26. The SMILES string of the molecule is Cc1ccc(OCCCCCC(F)(F)F)cc1F. The molecule has 0 aliphatic heterocycles. The van der Waals surface area contributed by atoms with Crippen molar-refractivity contribution in [2.45, 2.75) is 38.8 Å². The van der Waals surface area contributed by atoms with Crippen LogP contribution in [0.4, 0.5) is 17.6 Å². The number of alkyl halides is 3. The molecule has 1 aromatic rings. The molecule has 0 aliphatic carbocycles. The summed E-state index contributed by atoms with van der Waals surface area (Å²) in [7, 11) is 0. The molecule has 0 unspecified atom stereocenters. The molecule has 0 saturated carbocycles. The van der Waals surface area contributed by atoms with Gasteiger partial charge in [0.1, 0.15) is 11.6 Å². The van der Waals surface area contributed by atoms with Gasteiger partial charge in [-0.1, -0.05) is 6.07 Å². The maximum absolute atomic E-state index is 13.1. The van der Waals surface area contributed by atoms with E-state index in [0.29, 0.717) is 30.8 Å². The van der Waals surface area contributed by atoms with Gasteiger partial charge in [-0.15, -0.1) is 0 Å². The maximum atomic E-state index is 13.1. The van der Waals surface area contributed by atoms with E-state index in [2.05, 4.69) is 0 Å². The van der Waals surface area contributed by atoms with E-state index in [1.807, 2.05) is 0 Å². The van der Waals surface area contributed by atoms with Gasteiger partial charge in [0, 0.05) is 12.5 Å². The molecule has 1 nitrogen and oxygen atoms in total. The molecular weight excluding hydrogens is 248 g/mol. The lowest BCUT2D eigenvalue weighted by Crippen LogP contribution is -2.06. The lowest BCUT2D eigenvalue weighted by Gasteiger charge is -2.08. The Morgan fingerprint density at radius 2 is 1.83 bits per heavy atom. The summed E-state index contributed by atoms with van der Waals surface area (Å²) in [5.41, 5.74) is 0.535. The van der Waals surface area contributed by atoms with Crippen LogP contribution in [-0.4, -0.2) is 12.8 Å². The van der Waals surface area contributed by atoms with Crippen LogP contribution in [0.1, 0.15) is 31.2 Å². The predicted octanol–water partition coefficient (Wildman–Crippen LogP) is 4.64. The molecule has 0 bridgehead atoms. The second-order valence-electron chi connectivity index (χ2n) is 4.19. The molecule has 0 radical (unpaired) electrons. The van der Waals surface area contributed by atoms with Crippen molar-refractivity contribution in [1.29, 1.82) is 0 Å². The molecule has 0 saturated heterocycles. The molecule has 0 N–H and O–H groups in total. The molecule has 0 atom stereocenters. The van der Waals surface area contributed by atoms with E-state index in [1.165, 1.54) is 6.07 Å². The Morgan fingerprint density at radius 1 is 1.11 bits per heavy atom. The molecule has 0 fully saturated rings. The number of halogens is 4. The summed E-state index contributed by atoms with van der Waals surface area (Å²) in [5.74, 6) is 0.0680. The number of aryl methyl sites for hydroxylation is 1. The fourth-order valence-corrected chi connectivity index (χ4v) is 1.46. The van der Waals surface area contributed by atoms with Crippen molar-refractivity contribution in [3.8, 4) is 5.75 Å².